The molecule has 0 saturated carbocycles. The van der Waals surface area contributed by atoms with E-state index in [0.717, 1.165) is 16.9 Å². The highest BCUT2D eigenvalue weighted by molar-refractivity contribution is 5.83. The number of aromatic nitrogens is 1. The molecule has 1 aromatic carbocycles. The van der Waals surface area contributed by atoms with Crippen molar-refractivity contribution in [3.8, 4) is 5.75 Å². The molecule has 2 aromatic rings. The van der Waals surface area contributed by atoms with Gasteiger partial charge in [-0.1, -0.05) is 24.3 Å². The van der Waals surface area contributed by atoms with Gasteiger partial charge in [-0.2, -0.15) is 0 Å². The molecule has 0 aliphatic carbocycles. The maximum Gasteiger partial charge on any atom is 0.241 e. The summed E-state index contributed by atoms with van der Waals surface area (Å²) < 4.78 is 5.63. The Hall–Kier alpha value is -2.97. The number of pyridine rings is 1. The minimum atomic E-state index is -0.263. The van der Waals surface area contributed by atoms with E-state index in [0.29, 0.717) is 45.5 Å². The van der Waals surface area contributed by atoms with Gasteiger partial charge in [0.2, 0.25) is 11.8 Å². The molecule has 0 spiro atoms. The molecular weight excluding hydrogens is 406 g/mol. The number of benzene rings is 1. The van der Waals surface area contributed by atoms with Gasteiger partial charge in [-0.3, -0.25) is 14.6 Å². The van der Waals surface area contributed by atoms with Gasteiger partial charge < -0.3 is 15.0 Å². The number of carbonyl (C=O) groups is 2. The zero-order valence-electron chi connectivity index (χ0n) is 18.4. The van der Waals surface area contributed by atoms with Crippen molar-refractivity contribution in [3.63, 3.8) is 0 Å². The summed E-state index contributed by atoms with van der Waals surface area (Å²) in [6.45, 7) is 4.18. The maximum absolute atomic E-state index is 13.0. The zero-order chi connectivity index (χ0) is 22.3. The highest BCUT2D eigenvalue weighted by Gasteiger charge is 2.35. The first-order valence-electron chi connectivity index (χ1n) is 11.3. The third-order valence-electron chi connectivity index (χ3n) is 6.19. The second-order valence-corrected chi connectivity index (χ2v) is 8.27. The lowest BCUT2D eigenvalue weighted by atomic mass is 9.94. The molecule has 170 valence electrons. The van der Waals surface area contributed by atoms with Crippen LogP contribution in [-0.4, -0.2) is 47.4 Å². The molecule has 2 fully saturated rings. The predicted molar refractivity (Wildman–Crippen MR) is 120 cm³/mol. The second kappa shape index (κ2) is 10.6. The van der Waals surface area contributed by atoms with E-state index in [4.69, 9.17) is 4.74 Å². The van der Waals surface area contributed by atoms with E-state index < -0.39 is 0 Å². The van der Waals surface area contributed by atoms with Crippen LogP contribution < -0.4 is 20.9 Å². The Kier molecular flexibility index (Phi) is 7.34. The maximum atomic E-state index is 13.0. The molecule has 2 aliphatic rings. The topological polar surface area (TPSA) is 95.6 Å². The van der Waals surface area contributed by atoms with Gasteiger partial charge in [-0.25, -0.2) is 10.9 Å². The summed E-state index contributed by atoms with van der Waals surface area (Å²) in [5.41, 5.74) is 8.37. The number of hydrogen-bond donors (Lipinski definition) is 3. The summed E-state index contributed by atoms with van der Waals surface area (Å²) in [6, 6.07) is 11.5. The van der Waals surface area contributed by atoms with E-state index in [1.807, 2.05) is 54.4 Å². The van der Waals surface area contributed by atoms with Crippen LogP contribution in [0.2, 0.25) is 0 Å². The smallest absolute Gasteiger partial charge is 0.241 e. The number of carbonyl (C=O) groups excluding carboxylic acids is 2. The molecule has 2 saturated heterocycles. The quantitative estimate of drug-likeness (QED) is 0.613. The summed E-state index contributed by atoms with van der Waals surface area (Å²) in [5, 5.41) is 3.04. The monoisotopic (exact) mass is 437 g/mol. The normalized spacial score (nSPS) is 21.3. The van der Waals surface area contributed by atoms with Crippen LogP contribution in [0.4, 0.5) is 0 Å². The van der Waals surface area contributed by atoms with Crippen LogP contribution in [0.15, 0.2) is 48.8 Å². The Labute approximate surface area is 188 Å². The lowest BCUT2D eigenvalue weighted by Crippen LogP contribution is -2.49. The molecule has 3 heterocycles. The van der Waals surface area contributed by atoms with Gasteiger partial charge in [-0.15, -0.1) is 0 Å². The van der Waals surface area contributed by atoms with E-state index >= 15 is 0 Å². The minimum Gasteiger partial charge on any atom is -0.494 e. The molecule has 0 radical (unpaired) electrons. The molecule has 2 atom stereocenters. The number of rotatable bonds is 7. The van der Waals surface area contributed by atoms with Crippen molar-refractivity contribution >= 4 is 11.8 Å². The number of piperidine rings is 1. The predicted octanol–water partition coefficient (Wildman–Crippen LogP) is 1.94. The lowest BCUT2D eigenvalue weighted by Gasteiger charge is -2.33. The number of ether oxygens (including phenoxy) is 1. The van der Waals surface area contributed by atoms with Crippen LogP contribution >= 0.6 is 0 Å². The minimum absolute atomic E-state index is 0.0423. The number of hydrazine groups is 1. The number of likely N-dealkylation sites (tertiary alicyclic amines) is 1. The van der Waals surface area contributed by atoms with Crippen molar-refractivity contribution in [2.75, 3.05) is 19.7 Å². The highest BCUT2D eigenvalue weighted by atomic mass is 16.5. The first-order valence-corrected chi connectivity index (χ1v) is 11.3. The van der Waals surface area contributed by atoms with Gasteiger partial charge in [0.05, 0.1) is 6.61 Å². The summed E-state index contributed by atoms with van der Waals surface area (Å²) in [5.74, 6) is 0.864. The van der Waals surface area contributed by atoms with Gasteiger partial charge in [0, 0.05) is 49.6 Å². The van der Waals surface area contributed by atoms with Crippen LogP contribution in [-0.2, 0) is 16.1 Å². The van der Waals surface area contributed by atoms with Crippen molar-refractivity contribution in [2.45, 2.75) is 44.8 Å². The molecule has 2 aliphatic heterocycles. The number of nitrogens with one attached hydrogen (secondary N) is 3. The summed E-state index contributed by atoms with van der Waals surface area (Å²) >= 11 is 0. The second-order valence-electron chi connectivity index (χ2n) is 8.27. The lowest BCUT2D eigenvalue weighted by molar-refractivity contribution is -0.137. The molecule has 2 amide bonds. The van der Waals surface area contributed by atoms with Crippen molar-refractivity contribution < 1.29 is 14.3 Å². The van der Waals surface area contributed by atoms with Gasteiger partial charge in [0.25, 0.3) is 0 Å². The summed E-state index contributed by atoms with van der Waals surface area (Å²) in [7, 11) is 0. The van der Waals surface area contributed by atoms with Gasteiger partial charge >= 0.3 is 0 Å². The molecule has 2 unspecified atom stereocenters. The van der Waals surface area contributed by atoms with Crippen molar-refractivity contribution in [2.24, 2.45) is 5.92 Å². The van der Waals surface area contributed by atoms with E-state index in [1.54, 1.807) is 6.20 Å². The van der Waals surface area contributed by atoms with Crippen LogP contribution in [0.25, 0.3) is 0 Å². The average molecular weight is 438 g/mol. The number of hydrogen-bond acceptors (Lipinski definition) is 6. The molecule has 32 heavy (non-hydrogen) atoms. The SMILES string of the molecule is CCOc1ccccc1CNC(=O)C1CCN(C(=O)C2CC(c3cccnc3)NN2)CC1. The highest BCUT2D eigenvalue weighted by Crippen LogP contribution is 2.25. The number of para-hydroxylation sites is 1. The first-order chi connectivity index (χ1) is 15.7. The van der Waals surface area contributed by atoms with Gasteiger partial charge in [-0.05, 0) is 43.9 Å². The molecule has 8 heteroatoms. The Morgan fingerprint density at radius 1 is 1.16 bits per heavy atom. The molecule has 0 bridgehead atoms. The Bertz CT molecular complexity index is 915. The third kappa shape index (κ3) is 5.26. The van der Waals surface area contributed by atoms with E-state index in [-0.39, 0.29) is 29.8 Å². The summed E-state index contributed by atoms with van der Waals surface area (Å²) in [4.78, 5) is 31.7. The first kappa shape index (κ1) is 22.2. The molecule has 1 aromatic heterocycles. The van der Waals surface area contributed by atoms with Crippen molar-refractivity contribution in [1.82, 2.24) is 26.1 Å². The molecule has 8 nitrogen and oxygen atoms in total. The van der Waals surface area contributed by atoms with Crippen molar-refractivity contribution in [1.29, 1.82) is 0 Å². The van der Waals surface area contributed by atoms with Gasteiger partial charge in [0.15, 0.2) is 0 Å². The zero-order valence-corrected chi connectivity index (χ0v) is 18.4. The largest absolute Gasteiger partial charge is 0.494 e. The van der Waals surface area contributed by atoms with Crippen molar-refractivity contribution in [3.05, 3.63) is 59.9 Å². The Morgan fingerprint density at radius 2 is 1.97 bits per heavy atom. The number of amides is 2. The van der Waals surface area contributed by atoms with Crippen LogP contribution in [0.1, 0.15) is 43.4 Å². The van der Waals surface area contributed by atoms with Crippen LogP contribution in [0, 0.1) is 5.92 Å². The third-order valence-corrected chi connectivity index (χ3v) is 6.19. The summed E-state index contributed by atoms with van der Waals surface area (Å²) in [6.07, 6.45) is 5.60. The Balaban J connectivity index is 1.23. The van der Waals surface area contributed by atoms with E-state index in [1.165, 1.54) is 0 Å². The number of nitrogens with zero attached hydrogens (tertiary/aromatic N) is 2. The van der Waals surface area contributed by atoms with Gasteiger partial charge in [0.1, 0.15) is 11.8 Å². The molecular formula is C24H31N5O3. The fraction of sp³-hybridized carbons (Fsp3) is 0.458. The van der Waals surface area contributed by atoms with Crippen LogP contribution in [0.3, 0.4) is 0 Å². The molecule has 3 N–H and O–H groups in total. The van der Waals surface area contributed by atoms with E-state index in [2.05, 4.69) is 21.2 Å². The fourth-order valence-corrected chi connectivity index (χ4v) is 4.37. The standard InChI is InChI=1S/C24H31N5O3/c1-2-32-22-8-4-3-6-19(22)16-26-23(30)17-9-12-29(13-10-17)24(31)21-14-20(27-28-21)18-7-5-11-25-15-18/h3-8,11,15,17,20-21,27-28H,2,9-10,12-14,16H2,1H3,(H,26,30). The van der Waals surface area contributed by atoms with Crippen LogP contribution in [0.5, 0.6) is 5.75 Å². The Morgan fingerprint density at radius 3 is 2.72 bits per heavy atom. The molecule has 4 rings (SSSR count). The van der Waals surface area contributed by atoms with E-state index in [9.17, 15) is 9.59 Å². The average Bonchev–Trinajstić information content (AvgIpc) is 3.34. The fourth-order valence-electron chi connectivity index (χ4n) is 4.37.